The van der Waals surface area contributed by atoms with Gasteiger partial charge in [0.25, 0.3) is 0 Å². The van der Waals surface area contributed by atoms with E-state index in [9.17, 15) is 77.3 Å². The van der Waals surface area contributed by atoms with E-state index >= 15 is 0 Å². The highest BCUT2D eigenvalue weighted by atomic mass is 16.4. The molecule has 1 heterocycles. The molecule has 496 valence electrons. The smallest absolute Gasteiger partial charge is 0.326 e. The summed E-state index contributed by atoms with van der Waals surface area (Å²) >= 11 is 0. The second-order valence-electron chi connectivity index (χ2n) is 22.2. The Balaban J connectivity index is 1.67. The van der Waals surface area contributed by atoms with Gasteiger partial charge in [-0.1, -0.05) is 80.9 Å². The number of carbonyl (C=O) groups is 14. The summed E-state index contributed by atoms with van der Waals surface area (Å²) in [6, 6.07) is 4.36. The van der Waals surface area contributed by atoms with E-state index in [4.69, 9.17) is 22.9 Å². The van der Waals surface area contributed by atoms with Crippen molar-refractivity contribution >= 4 is 82.8 Å². The van der Waals surface area contributed by atoms with Gasteiger partial charge in [-0.25, -0.2) is 4.79 Å². The molecule has 0 bridgehead atoms. The number of hydrogen-bond acceptors (Lipinski definition) is 17. The van der Waals surface area contributed by atoms with Crippen molar-refractivity contribution in [1.29, 1.82) is 0 Å². The first-order valence-electron chi connectivity index (χ1n) is 29.9. The molecule has 12 amide bonds. The Morgan fingerprint density at radius 2 is 1.04 bits per heavy atom. The normalized spacial score (nSPS) is 15.7. The fourth-order valence-corrected chi connectivity index (χ4v) is 9.40. The average molecular weight is 1260 g/mol. The van der Waals surface area contributed by atoms with E-state index in [-0.39, 0.29) is 32.2 Å². The number of nitrogens with one attached hydrogen (secondary N) is 10. The van der Waals surface area contributed by atoms with Gasteiger partial charge in [0.15, 0.2) is 0 Å². The topological polar surface area (TPSA) is 507 Å². The molecule has 31 heteroatoms. The fourth-order valence-electron chi connectivity index (χ4n) is 9.40. The zero-order chi connectivity index (χ0) is 67.0. The monoisotopic (exact) mass is 1260 g/mol. The van der Waals surface area contributed by atoms with E-state index in [2.05, 4.69) is 53.2 Å². The largest absolute Gasteiger partial charge is 0.481 e. The van der Waals surface area contributed by atoms with Gasteiger partial charge in [0.05, 0.1) is 25.6 Å². The van der Waals surface area contributed by atoms with Crippen LogP contribution in [0, 0.1) is 5.92 Å². The van der Waals surface area contributed by atoms with Crippen LogP contribution >= 0.6 is 0 Å². The Morgan fingerprint density at radius 3 is 1.60 bits per heavy atom. The number of hydrogen-bond donors (Lipinski definition) is 16. The maximum atomic E-state index is 14.6. The predicted octanol–water partition coefficient (Wildman–Crippen LogP) is -4.32. The summed E-state index contributed by atoms with van der Waals surface area (Å²) in [5, 5.41) is 43.3. The highest BCUT2D eigenvalue weighted by Crippen LogP contribution is 2.21. The van der Waals surface area contributed by atoms with Gasteiger partial charge in [0, 0.05) is 25.8 Å². The maximum absolute atomic E-state index is 14.6. The third kappa shape index (κ3) is 26.7. The molecule has 1 aliphatic heterocycles. The molecule has 10 atom stereocenters. The first-order valence-corrected chi connectivity index (χ1v) is 29.9. The summed E-state index contributed by atoms with van der Waals surface area (Å²) < 4.78 is 0. The number of rotatable bonds is 40. The van der Waals surface area contributed by atoms with Crippen molar-refractivity contribution in [3.05, 3.63) is 71.8 Å². The minimum atomic E-state index is -1.73. The number of nitrogens with two attached hydrogens (primary N) is 4. The van der Waals surface area contributed by atoms with Crippen LogP contribution in [-0.2, 0) is 80.0 Å². The Labute approximate surface area is 521 Å². The minimum absolute atomic E-state index is 0.0156. The lowest BCUT2D eigenvalue weighted by Gasteiger charge is -2.31. The van der Waals surface area contributed by atoms with E-state index in [0.717, 1.165) is 6.92 Å². The van der Waals surface area contributed by atoms with Crippen LogP contribution < -0.4 is 76.1 Å². The molecule has 0 aliphatic carbocycles. The van der Waals surface area contributed by atoms with E-state index in [1.54, 1.807) is 74.5 Å². The van der Waals surface area contributed by atoms with Gasteiger partial charge in [0.2, 0.25) is 70.9 Å². The van der Waals surface area contributed by atoms with Gasteiger partial charge in [-0.15, -0.1) is 0 Å². The van der Waals surface area contributed by atoms with E-state index in [1.807, 2.05) is 0 Å². The van der Waals surface area contributed by atoms with Crippen molar-refractivity contribution in [2.75, 3.05) is 32.7 Å². The number of unbranched alkanes of at least 4 members (excludes halogenated alkanes) is 2. The Hall–Kier alpha value is -9.10. The summed E-state index contributed by atoms with van der Waals surface area (Å²) in [4.78, 5) is 185. The first kappa shape index (κ1) is 75.2. The van der Waals surface area contributed by atoms with Crippen molar-refractivity contribution in [1.82, 2.24) is 58.1 Å². The van der Waals surface area contributed by atoms with Gasteiger partial charge in [-0.05, 0) is 95.3 Å². The predicted molar refractivity (Wildman–Crippen MR) is 325 cm³/mol. The average Bonchev–Trinajstić information content (AvgIpc) is 1.84. The lowest BCUT2D eigenvalue weighted by atomic mass is 10.0. The molecular formula is C59H89N15O16. The van der Waals surface area contributed by atoms with E-state index in [1.165, 1.54) is 11.8 Å². The lowest BCUT2D eigenvalue weighted by Crippen LogP contribution is -2.60. The maximum Gasteiger partial charge on any atom is 0.326 e. The molecule has 0 radical (unpaired) electrons. The minimum Gasteiger partial charge on any atom is -0.481 e. The molecule has 1 saturated heterocycles. The summed E-state index contributed by atoms with van der Waals surface area (Å²) in [5.41, 5.74) is 24.0. The van der Waals surface area contributed by atoms with Gasteiger partial charge < -0.3 is 91.2 Å². The molecule has 1 aliphatic rings. The van der Waals surface area contributed by atoms with E-state index in [0.29, 0.717) is 62.7 Å². The number of carboxylic acid groups (broad SMARTS) is 2. The fraction of sp³-hybridized carbons (Fsp3) is 0.559. The number of aliphatic carboxylic acids is 2. The molecule has 0 spiro atoms. The third-order valence-corrected chi connectivity index (χ3v) is 14.5. The highest BCUT2D eigenvalue weighted by Gasteiger charge is 2.40. The third-order valence-electron chi connectivity index (χ3n) is 14.5. The summed E-state index contributed by atoms with van der Waals surface area (Å²) in [5.74, 6) is -13.7. The van der Waals surface area contributed by atoms with E-state index < -0.39 is 182 Å². The second-order valence-corrected chi connectivity index (χ2v) is 22.2. The Kier molecular flexibility index (Phi) is 32.6. The summed E-state index contributed by atoms with van der Waals surface area (Å²) in [7, 11) is 0. The van der Waals surface area contributed by atoms with Crippen molar-refractivity contribution in [2.24, 2.45) is 28.9 Å². The molecule has 31 nitrogen and oxygen atoms in total. The van der Waals surface area contributed by atoms with Crippen LogP contribution in [0.25, 0.3) is 0 Å². The van der Waals surface area contributed by atoms with Crippen molar-refractivity contribution < 1.29 is 77.3 Å². The van der Waals surface area contributed by atoms with Gasteiger partial charge in [-0.3, -0.25) is 62.3 Å². The van der Waals surface area contributed by atoms with Crippen LogP contribution in [0.3, 0.4) is 0 Å². The molecular weight excluding hydrogens is 1170 g/mol. The Bertz CT molecular complexity index is 2790. The molecule has 1 fully saturated rings. The Morgan fingerprint density at radius 1 is 0.533 bits per heavy atom. The quantitative estimate of drug-likeness (QED) is 0.0281. The number of nitrogens with zero attached hydrogens (tertiary/aromatic N) is 1. The molecule has 20 N–H and O–H groups in total. The van der Waals surface area contributed by atoms with Crippen LogP contribution in [0.4, 0.5) is 0 Å². The van der Waals surface area contributed by atoms with Crippen molar-refractivity contribution in [3.8, 4) is 0 Å². The standard InChI is InChI=1S/C59H89N15O16/c1-33(2)49(57(87)69-40(59(89)90)21-12-14-26-61)73-47(77)32-64-46(76)31-65-53(83)42(30-45(63)75)70-51(81)34(3)66-54(84)39(23-24-48(78)79)68-50(80)35(4)67-56(86)44-22-15-27-74(44)58(88)43(29-37-18-9-6-10-19-37)72-55(85)41(28-36-16-7-5-8-17-36)71-52(82)38(62)20-11-13-25-60/h5-10,16-19,33-35,38-44,49H,11-15,20-32,60-62H2,1-4H3,(H2,63,75)(H,64,76)(H,65,83)(H,66,84)(H,67,86)(H,68,80)(H,69,87)(H,70,81)(H,71,82)(H,72,85)(H,73,77)(H,78,79)(H,89,90)/t34-,35-,38-,39-,40-,41-,42-,43-,44-,49-/m0/s1. The molecule has 3 rings (SSSR count). The number of likely N-dealkylation sites (tertiary alicyclic amines) is 1. The zero-order valence-corrected chi connectivity index (χ0v) is 51.2. The highest BCUT2D eigenvalue weighted by molar-refractivity contribution is 5.99. The van der Waals surface area contributed by atoms with Crippen LogP contribution in [0.5, 0.6) is 0 Å². The number of benzene rings is 2. The van der Waals surface area contributed by atoms with Crippen molar-refractivity contribution in [2.45, 2.75) is 172 Å². The van der Waals surface area contributed by atoms with Crippen LogP contribution in [0.15, 0.2) is 60.7 Å². The first-order chi connectivity index (χ1) is 42.6. The molecule has 0 aromatic heterocycles. The van der Waals surface area contributed by atoms with Gasteiger partial charge in [-0.2, -0.15) is 0 Å². The molecule has 90 heavy (non-hydrogen) atoms. The number of primary amides is 1. The number of carbonyl (C=O) groups excluding carboxylic acids is 12. The molecule has 0 saturated carbocycles. The lowest BCUT2D eigenvalue weighted by molar-refractivity contribution is -0.142. The SMILES string of the molecule is CC(C)[C@H](NC(=O)CNC(=O)CNC(=O)[C@H](CC(N)=O)NC(=O)[C@H](C)NC(=O)[C@H](CCC(=O)O)NC(=O)[C@H](C)NC(=O)[C@@H]1CCCN1C(=O)[C@H](Cc1ccccc1)NC(=O)[C@H](Cc1ccccc1)NC(=O)[C@@H](N)CCCCN)C(=O)N[C@@H](CCCCN)C(=O)O. The zero-order valence-electron chi connectivity index (χ0n) is 51.2. The molecule has 2 aromatic rings. The van der Waals surface area contributed by atoms with Gasteiger partial charge >= 0.3 is 11.9 Å². The summed E-state index contributed by atoms with van der Waals surface area (Å²) in [6.07, 6.45) is 1.13. The number of carboxylic acids is 2. The van der Waals surface area contributed by atoms with Crippen LogP contribution in [0.2, 0.25) is 0 Å². The molecule has 2 aromatic carbocycles. The second kappa shape index (κ2) is 39.0. The van der Waals surface area contributed by atoms with Crippen molar-refractivity contribution in [3.63, 3.8) is 0 Å². The van der Waals surface area contributed by atoms with Crippen LogP contribution in [0.1, 0.15) is 109 Å². The summed E-state index contributed by atoms with van der Waals surface area (Å²) in [6.45, 7) is 4.94. The van der Waals surface area contributed by atoms with Gasteiger partial charge in [0.1, 0.15) is 54.4 Å². The van der Waals surface area contributed by atoms with Crippen LogP contribution in [-0.4, -0.2) is 191 Å². The molecule has 0 unspecified atom stereocenters. The number of amides is 12.